The number of thioether (sulfide) groups is 1. The molecule has 2 aliphatic carbocycles. The third-order valence-corrected chi connectivity index (χ3v) is 23.4. The first-order chi connectivity index (χ1) is 59.1. The summed E-state index contributed by atoms with van der Waals surface area (Å²) in [6, 6.07) is 35.1. The van der Waals surface area contributed by atoms with E-state index >= 15 is 0 Å². The number of unbranched alkanes of at least 4 members (excludes halogenated alkanes) is 2. The van der Waals surface area contributed by atoms with Crippen LogP contribution in [0.5, 0.6) is 11.5 Å². The summed E-state index contributed by atoms with van der Waals surface area (Å²) in [7, 11) is 0. The molecule has 0 unspecified atom stereocenters. The van der Waals surface area contributed by atoms with Gasteiger partial charge < -0.3 is 77.0 Å². The fraction of sp³-hybridized carbons (Fsp3) is 0.462. The molecule has 1 saturated carbocycles. The number of thiocarbonyl (C=S) groups is 1. The number of nitrogens with two attached hydrogens (primary N) is 2. The van der Waals surface area contributed by atoms with E-state index in [1.54, 1.807) is 55.5 Å². The number of carbonyl (C=O) groups excluding carboxylic acids is 11. The Morgan fingerprint density at radius 3 is 1.97 bits per heavy atom. The minimum atomic E-state index is -1.21. The number of benzene rings is 6. The Kier molecular flexibility index (Phi) is 38.1. The van der Waals surface area contributed by atoms with Gasteiger partial charge in [0, 0.05) is 134 Å². The fourth-order valence-electron chi connectivity index (χ4n) is 15.9. The van der Waals surface area contributed by atoms with E-state index in [1.165, 1.54) is 55.6 Å². The van der Waals surface area contributed by atoms with Gasteiger partial charge in [0.25, 0.3) is 12.4 Å². The molecule has 3 aliphatic heterocycles. The maximum absolute atomic E-state index is 14.9. The highest BCUT2D eigenvalue weighted by Crippen LogP contribution is 2.44. The number of phenolic OH excluding ortho intramolecular Hbond substituents is 1. The van der Waals surface area contributed by atoms with E-state index in [-0.39, 0.29) is 136 Å². The molecule has 5 aromatic carbocycles. The topological polar surface area (TPSA) is 410 Å². The second-order valence-electron chi connectivity index (χ2n) is 32.6. The van der Waals surface area contributed by atoms with Gasteiger partial charge >= 0.3 is 5.97 Å². The van der Waals surface area contributed by atoms with Crippen LogP contribution in [-0.4, -0.2) is 201 Å². The van der Waals surface area contributed by atoms with Gasteiger partial charge in [-0.1, -0.05) is 156 Å². The van der Waals surface area contributed by atoms with Crippen LogP contribution in [0.15, 0.2) is 149 Å². The molecular weight excluding hydrogens is 1610 g/mol. The molecule has 5 atom stereocenters. The molecule has 3 heterocycles. The molecule has 658 valence electrons. The van der Waals surface area contributed by atoms with E-state index in [1.807, 2.05) is 80.6 Å². The molecule has 0 spiro atoms. The number of aromatic hydroxyl groups is 1. The first-order valence-corrected chi connectivity index (χ1v) is 44.2. The number of phenols is 1. The number of fused-ring (bicyclic) bond motifs is 31. The van der Waals surface area contributed by atoms with Crippen molar-refractivity contribution >= 4 is 111 Å². The summed E-state index contributed by atoms with van der Waals surface area (Å²) in [5.41, 5.74) is 17.1. The second kappa shape index (κ2) is 49.1. The van der Waals surface area contributed by atoms with E-state index < -0.39 is 116 Å². The maximum atomic E-state index is 14.9. The highest BCUT2D eigenvalue weighted by Gasteiger charge is 2.33. The van der Waals surface area contributed by atoms with Crippen LogP contribution in [0.3, 0.4) is 0 Å². The monoisotopic (exact) mass is 1720 g/mol. The van der Waals surface area contributed by atoms with Crippen molar-refractivity contribution in [3.05, 3.63) is 178 Å². The first-order valence-electron chi connectivity index (χ1n) is 42.7. The number of carbonyl (C=O) groups is 12. The number of nitrogens with one attached hydrogen (secondary N) is 5. The van der Waals surface area contributed by atoms with Gasteiger partial charge in [0.1, 0.15) is 28.9 Å². The zero-order valence-corrected chi connectivity index (χ0v) is 72.1. The van der Waals surface area contributed by atoms with E-state index in [0.29, 0.717) is 102 Å². The SMILES string of the molecule is CC(C)C[C@H]1CN(C(=O)CCCN)CC(=O)N[C@@H](Cc2ccccc2)CN(C(=O)CCC2CCCCC2)CC(=O)N[C@@H](CCC(=O)O)CN(C(=O)CCc2ccccc2)CC(=O)N[C@@H](C)CN(CC(=O)N[C@@H](CCCCCC(=S)Cc2ccc(-c3c4ccc(=O)cc-4oc4cc(O)ccc34)c(OC=O)c2)C(N)=O)C(=O)CCSCc2ccc(cc2)C(=O)N1. The summed E-state index contributed by atoms with van der Waals surface area (Å²) >= 11 is 7.27. The number of amides is 10. The summed E-state index contributed by atoms with van der Waals surface area (Å²) in [6.45, 7) is 3.15. The third kappa shape index (κ3) is 31.8. The van der Waals surface area contributed by atoms with Crippen molar-refractivity contribution in [1.82, 2.24) is 46.2 Å². The van der Waals surface area contributed by atoms with Crippen LogP contribution in [-0.2, 0) is 77.8 Å². The number of hydrogen-bond donors (Lipinski definition) is 9. The van der Waals surface area contributed by atoms with Crippen LogP contribution in [0.2, 0.25) is 0 Å². The molecular formula is C93H117N11O17S2. The molecule has 10 amide bonds. The molecule has 123 heavy (non-hydrogen) atoms. The average Bonchev–Trinajstić information content (AvgIpc) is 0.748. The lowest BCUT2D eigenvalue weighted by Crippen LogP contribution is -2.55. The Bertz CT molecular complexity index is 4800. The smallest absolute Gasteiger partial charge is 0.303 e. The van der Waals surface area contributed by atoms with Gasteiger partial charge in [0.15, 0.2) is 5.43 Å². The number of nitrogens with zero attached hydrogens (tertiary/aromatic N) is 4. The first kappa shape index (κ1) is 95.5. The minimum absolute atomic E-state index is 0.0168. The molecule has 0 radical (unpaired) electrons. The fourth-order valence-corrected chi connectivity index (χ4v) is 17.1. The Labute approximate surface area is 727 Å². The van der Waals surface area contributed by atoms with E-state index in [0.717, 1.165) is 54.4 Å². The molecule has 5 aliphatic rings. The lowest BCUT2D eigenvalue weighted by atomic mass is 9.86. The van der Waals surface area contributed by atoms with Crippen LogP contribution in [0.4, 0.5) is 0 Å². The van der Waals surface area contributed by atoms with Gasteiger partial charge in [0.05, 0.1) is 32.2 Å². The number of carboxylic acid groups (broad SMARTS) is 1. The molecule has 10 rings (SSSR count). The highest BCUT2D eigenvalue weighted by atomic mass is 32.2. The standard InChI is InChI=1S/C93H117N11O17S2/c1-61(2)45-70-53-103(86(112)25-16-43-94)57-84(110)98-71(46-65-21-12-6-13-22-65)54-104(88(114)40-30-64-19-10-5-11-20-64)56-83(109)97-69(33-41-90(116)117)52-102(87(113)39-29-63-17-8-4-9-18-63)55-82(108)96-62(3)51-101(89(115)42-44-123-59-66-26-31-68(32-27-66)93(119)99-70)58-85(111)100-78(92(95)118)24-15-7-14-23-74(122)47-67-28-36-75(79(48-67)120-60-105)91-76-37-34-72(106)49-80(76)121-81-50-73(107)35-38-77(81)91/h4,6,8-9,12-13,17-18,21-22,26-28,31-32,34-38,48-50,60-62,64,69-71,78,106H,5,7,10-11,14-16,19-20,23-25,29-30,33,39-47,51-59,94H2,1-3H3,(H2,95,118)(H,96,108)(H,97,109)(H,98,110)(H,99,119)(H,100,111)(H,116,117)/t62-,69-,70-,71-,78-/m0/s1. The lowest BCUT2D eigenvalue weighted by molar-refractivity contribution is -0.139. The molecule has 1 fully saturated rings. The Morgan fingerprint density at radius 2 is 1.30 bits per heavy atom. The number of aryl methyl sites for hydroxylation is 1. The number of ether oxygens (including phenoxy) is 1. The normalized spacial score (nSPS) is 17.8. The van der Waals surface area contributed by atoms with Crippen LogP contribution < -0.4 is 48.2 Å². The summed E-state index contributed by atoms with van der Waals surface area (Å²) in [4.78, 5) is 187. The van der Waals surface area contributed by atoms with E-state index in [2.05, 4.69) is 26.6 Å². The quantitative estimate of drug-likeness (QED) is 0.00641. The Balaban J connectivity index is 0.937. The van der Waals surface area contributed by atoms with Crippen molar-refractivity contribution in [2.24, 2.45) is 23.3 Å². The van der Waals surface area contributed by atoms with Crippen LogP contribution in [0.25, 0.3) is 33.4 Å². The number of aliphatic carboxylic acids is 1. The highest BCUT2D eigenvalue weighted by molar-refractivity contribution is 7.98. The van der Waals surface area contributed by atoms with Crippen molar-refractivity contribution in [2.75, 3.05) is 64.7 Å². The molecule has 28 nitrogen and oxygen atoms in total. The molecule has 2 bridgehead atoms. The van der Waals surface area contributed by atoms with Crippen LogP contribution in [0.1, 0.15) is 175 Å². The van der Waals surface area contributed by atoms with E-state index in [4.69, 9.17) is 32.8 Å². The third-order valence-electron chi connectivity index (χ3n) is 22.0. The summed E-state index contributed by atoms with van der Waals surface area (Å²) in [5, 5.41) is 35.8. The lowest BCUT2D eigenvalue weighted by Gasteiger charge is -2.32. The number of carboxylic acids is 1. The van der Waals surface area contributed by atoms with Crippen molar-refractivity contribution in [1.29, 1.82) is 0 Å². The van der Waals surface area contributed by atoms with Gasteiger partial charge in [-0.2, -0.15) is 11.8 Å². The Hall–Kier alpha value is -11.4. The van der Waals surface area contributed by atoms with Gasteiger partial charge in [-0.3, -0.25) is 62.3 Å². The number of primary amides is 1. The Morgan fingerprint density at radius 1 is 0.659 bits per heavy atom. The molecule has 11 N–H and O–H groups in total. The zero-order valence-electron chi connectivity index (χ0n) is 70.5. The van der Waals surface area contributed by atoms with Crippen molar-refractivity contribution in [2.45, 2.75) is 198 Å². The van der Waals surface area contributed by atoms with Crippen molar-refractivity contribution < 1.29 is 76.9 Å². The van der Waals surface area contributed by atoms with Crippen LogP contribution >= 0.6 is 24.0 Å². The second-order valence-corrected chi connectivity index (χ2v) is 34.3. The van der Waals surface area contributed by atoms with Gasteiger partial charge in [-0.15, -0.1) is 0 Å². The minimum Gasteiger partial charge on any atom is -0.508 e. The van der Waals surface area contributed by atoms with Crippen LogP contribution in [0, 0.1) is 11.8 Å². The summed E-state index contributed by atoms with van der Waals surface area (Å²) in [5.74, 6) is -5.43. The van der Waals surface area contributed by atoms with Gasteiger partial charge in [-0.25, -0.2) is 0 Å². The number of hydrogen-bond acceptors (Lipinski definition) is 19. The largest absolute Gasteiger partial charge is 0.508 e. The van der Waals surface area contributed by atoms with Crippen molar-refractivity contribution in [3.8, 4) is 33.9 Å². The van der Waals surface area contributed by atoms with E-state index in [9.17, 15) is 72.5 Å². The van der Waals surface area contributed by atoms with Gasteiger partial charge in [-0.05, 0) is 153 Å². The van der Waals surface area contributed by atoms with Gasteiger partial charge in [0.2, 0.25) is 53.2 Å². The summed E-state index contributed by atoms with van der Waals surface area (Å²) < 4.78 is 11.6. The summed E-state index contributed by atoms with van der Waals surface area (Å²) in [6.07, 6.45) is 8.59. The number of rotatable bonds is 31. The molecule has 0 saturated heterocycles. The predicted molar refractivity (Wildman–Crippen MR) is 475 cm³/mol. The molecule has 0 aromatic heterocycles. The zero-order chi connectivity index (χ0) is 88.3. The predicted octanol–water partition coefficient (Wildman–Crippen LogP) is 9.75. The average molecular weight is 1730 g/mol. The molecule has 30 heteroatoms. The molecule has 5 aromatic rings. The van der Waals surface area contributed by atoms with Crippen molar-refractivity contribution in [3.63, 3.8) is 0 Å². The maximum Gasteiger partial charge on any atom is 0.303 e.